The Morgan fingerprint density at radius 1 is 0.747 bits per heavy atom. The summed E-state index contributed by atoms with van der Waals surface area (Å²) in [5.41, 5.74) is -3.27. The van der Waals surface area contributed by atoms with E-state index in [4.69, 9.17) is 56.8 Å². The molecule has 1 aromatic rings. The maximum Gasteiger partial charge on any atom is 0.331 e. The molecule has 22 heteroatoms. The van der Waals surface area contributed by atoms with Crippen LogP contribution in [0.4, 0.5) is 0 Å². The van der Waals surface area contributed by atoms with Crippen molar-refractivity contribution in [3.8, 4) is 0 Å². The fraction of sp³-hybridized carbons (Fsp3) is 0.754. The average Bonchev–Trinajstić information content (AvgIpc) is 3.98. The minimum atomic E-state index is -1.69. The number of hydrogen-bond acceptors (Lipinski definition) is 22. The Labute approximate surface area is 460 Å². The predicted molar refractivity (Wildman–Crippen MR) is 275 cm³/mol. The molecule has 25 unspecified atom stereocenters. The van der Waals surface area contributed by atoms with Gasteiger partial charge in [-0.1, -0.05) is 37.3 Å². The van der Waals surface area contributed by atoms with E-state index in [-0.39, 0.29) is 49.5 Å². The maximum atomic E-state index is 14.1. The summed E-state index contributed by atoms with van der Waals surface area (Å²) >= 11 is 0. The summed E-state index contributed by atoms with van der Waals surface area (Å²) < 4.78 is 73.7. The Morgan fingerprint density at radius 2 is 1.35 bits per heavy atom. The van der Waals surface area contributed by atoms with Crippen LogP contribution in [-0.4, -0.2) is 210 Å². The zero-order valence-electron chi connectivity index (χ0n) is 46.5. The molecule has 25 atom stereocenters. The first kappa shape index (κ1) is 61.6. The summed E-state index contributed by atoms with van der Waals surface area (Å²) in [5, 5.41) is 65.0. The largest absolute Gasteiger partial charge is 0.458 e. The van der Waals surface area contributed by atoms with Gasteiger partial charge >= 0.3 is 5.97 Å². The molecule has 4 saturated heterocycles. The normalized spacial score (nSPS) is 45.1. The van der Waals surface area contributed by atoms with Crippen molar-refractivity contribution in [2.24, 2.45) is 22.7 Å². The number of esters is 1. The standard InChI is InChI=1S/C57H82O22/c1-28(59)34-16-17-40(61)56(34,6)41(76-42(62)18-15-32-13-11-10-12-14-32)23-35-36(60)20-22-57(67)26-33(19-21-55(35,57)5)74-43-24-37(68-7)49(29(2)71-43)77-44-25-38(69-8)50(30(3)72-44)78-54-48(66)52(70-9)51(31(4)73-54)79-53-47(65)46(64)45(63)39(27-58)75-53/h10-15,18,20,22,29-31,33-35,37-39,41,43-54,58,63-67H,16-17,19,21,23-27H2,1-9H3. The summed E-state index contributed by atoms with van der Waals surface area (Å²) in [6, 6.07) is 9.16. The van der Waals surface area contributed by atoms with Gasteiger partial charge in [0.25, 0.3) is 0 Å². The van der Waals surface area contributed by atoms with Crippen molar-refractivity contribution in [3.05, 3.63) is 54.1 Å². The summed E-state index contributed by atoms with van der Waals surface area (Å²) in [4.78, 5) is 54.5. The molecule has 0 spiro atoms. The van der Waals surface area contributed by atoms with Crippen LogP contribution in [0.2, 0.25) is 0 Å². The molecule has 7 aliphatic rings. The third-order valence-corrected chi connectivity index (χ3v) is 18.2. The summed E-state index contributed by atoms with van der Waals surface area (Å²) in [7, 11) is 4.43. The van der Waals surface area contributed by atoms with Gasteiger partial charge in [0.2, 0.25) is 0 Å². The molecular formula is C57H82O22. The molecule has 3 aliphatic carbocycles. The van der Waals surface area contributed by atoms with E-state index in [0.717, 1.165) is 5.56 Å². The van der Waals surface area contributed by atoms with Gasteiger partial charge in [-0.3, -0.25) is 14.4 Å². The van der Waals surface area contributed by atoms with Gasteiger partial charge in [0.1, 0.15) is 72.6 Å². The molecule has 2 saturated carbocycles. The van der Waals surface area contributed by atoms with Crippen molar-refractivity contribution in [2.75, 3.05) is 27.9 Å². The summed E-state index contributed by atoms with van der Waals surface area (Å²) in [6.07, 6.45) is -13.1. The average molecular weight is 1120 g/mol. The Morgan fingerprint density at radius 3 is 1.97 bits per heavy atom. The van der Waals surface area contributed by atoms with Crippen LogP contribution in [0.15, 0.2) is 48.6 Å². The van der Waals surface area contributed by atoms with Crippen molar-refractivity contribution in [1.29, 1.82) is 0 Å². The van der Waals surface area contributed by atoms with E-state index >= 15 is 0 Å². The molecule has 6 N–H and O–H groups in total. The number of allylic oxidation sites excluding steroid dienone is 1. The number of Topliss-reactive ketones (excluding diaryl/α,β-unsaturated/α-hetero) is 2. The maximum absolute atomic E-state index is 14.1. The number of fused-ring (bicyclic) bond motifs is 1. The lowest BCUT2D eigenvalue weighted by atomic mass is 9.52. The lowest BCUT2D eigenvalue weighted by molar-refractivity contribution is -0.373. The molecule has 4 aliphatic heterocycles. The monoisotopic (exact) mass is 1120 g/mol. The van der Waals surface area contributed by atoms with E-state index in [9.17, 15) is 49.8 Å². The van der Waals surface area contributed by atoms with Gasteiger partial charge in [-0.05, 0) is 84.1 Å². The fourth-order valence-corrected chi connectivity index (χ4v) is 13.3. The van der Waals surface area contributed by atoms with E-state index in [0.29, 0.717) is 19.3 Å². The van der Waals surface area contributed by atoms with E-state index in [1.165, 1.54) is 39.4 Å². The second kappa shape index (κ2) is 25.6. The smallest absolute Gasteiger partial charge is 0.331 e. The number of aliphatic hydroxyl groups excluding tert-OH is 5. The SMILES string of the molecule is COC1CC(OC2CCC3(C)C(CC(OC(=O)C=Cc4ccccc4)C4(C)C(=O)CCC4C(C)=O)C(=O)C=CC3(O)C2)OC(C)C1OC1CC(OC)C(OC2OC(C)C(OC3OC(CO)C(O)C(O)C3O)C(OC)C2O)C(C)O1. The second-order valence-corrected chi connectivity index (χ2v) is 22.9. The second-order valence-electron chi connectivity index (χ2n) is 22.9. The number of methoxy groups -OCH3 is 3. The first-order valence-corrected chi connectivity index (χ1v) is 27.6. The van der Waals surface area contributed by atoms with Crippen LogP contribution in [0.3, 0.4) is 0 Å². The molecule has 0 bridgehead atoms. The van der Waals surface area contributed by atoms with Gasteiger partial charge in [0, 0.05) is 70.3 Å². The van der Waals surface area contributed by atoms with E-state index < -0.39 is 164 Å². The Bertz CT molecular complexity index is 2320. The Kier molecular flexibility index (Phi) is 19.9. The number of ether oxygens (including phenoxy) is 12. The van der Waals surface area contributed by atoms with Crippen molar-refractivity contribution in [1.82, 2.24) is 0 Å². The Hall–Kier alpha value is -3.50. The van der Waals surface area contributed by atoms with Crippen molar-refractivity contribution >= 4 is 29.4 Å². The van der Waals surface area contributed by atoms with Crippen LogP contribution in [-0.2, 0) is 76.0 Å². The first-order valence-electron chi connectivity index (χ1n) is 27.6. The molecule has 442 valence electrons. The van der Waals surface area contributed by atoms with Gasteiger partial charge in [-0.15, -0.1) is 0 Å². The molecule has 0 aromatic heterocycles. The van der Waals surface area contributed by atoms with Crippen LogP contribution in [0.1, 0.15) is 98.5 Å². The highest BCUT2D eigenvalue weighted by atomic mass is 16.8. The van der Waals surface area contributed by atoms with Crippen LogP contribution in [0.25, 0.3) is 6.08 Å². The molecule has 6 fully saturated rings. The zero-order valence-corrected chi connectivity index (χ0v) is 46.5. The highest BCUT2D eigenvalue weighted by molar-refractivity contribution is 5.97. The molecule has 8 rings (SSSR count). The third-order valence-electron chi connectivity index (χ3n) is 18.2. The highest BCUT2D eigenvalue weighted by Crippen LogP contribution is 2.57. The zero-order chi connectivity index (χ0) is 57.3. The molecule has 4 heterocycles. The number of aliphatic hydroxyl groups is 6. The van der Waals surface area contributed by atoms with Crippen LogP contribution >= 0.6 is 0 Å². The lowest BCUT2D eigenvalue weighted by Crippen LogP contribution is -2.65. The van der Waals surface area contributed by atoms with E-state index in [1.807, 2.05) is 44.2 Å². The molecule has 79 heavy (non-hydrogen) atoms. The number of ketones is 3. The van der Waals surface area contributed by atoms with Crippen molar-refractivity contribution in [3.63, 3.8) is 0 Å². The minimum Gasteiger partial charge on any atom is -0.458 e. The van der Waals surface area contributed by atoms with Crippen LogP contribution < -0.4 is 0 Å². The number of carbonyl (C=O) groups is 4. The minimum absolute atomic E-state index is 0.0886. The highest BCUT2D eigenvalue weighted by Gasteiger charge is 2.62. The topological polar surface area (TPSA) is 300 Å². The molecule has 1 aromatic carbocycles. The van der Waals surface area contributed by atoms with Gasteiger partial charge < -0.3 is 87.5 Å². The lowest BCUT2D eigenvalue weighted by Gasteiger charge is -2.55. The van der Waals surface area contributed by atoms with E-state index in [2.05, 4.69) is 0 Å². The van der Waals surface area contributed by atoms with Gasteiger partial charge in [0.05, 0.1) is 54.2 Å². The van der Waals surface area contributed by atoms with Crippen molar-refractivity contribution in [2.45, 2.75) is 221 Å². The van der Waals surface area contributed by atoms with Crippen LogP contribution in [0, 0.1) is 22.7 Å². The predicted octanol–water partition coefficient (Wildman–Crippen LogP) is 2.01. The van der Waals surface area contributed by atoms with Gasteiger partial charge in [-0.2, -0.15) is 0 Å². The summed E-state index contributed by atoms with van der Waals surface area (Å²) in [5.74, 6) is -3.03. The molecule has 22 nitrogen and oxygen atoms in total. The number of hydrogen-bond donors (Lipinski definition) is 6. The Balaban J connectivity index is 0.875. The summed E-state index contributed by atoms with van der Waals surface area (Å²) in [6.45, 7) is 9.51. The van der Waals surface area contributed by atoms with E-state index in [1.54, 1.807) is 34.0 Å². The van der Waals surface area contributed by atoms with Gasteiger partial charge in [0.15, 0.2) is 30.9 Å². The number of rotatable bonds is 19. The molecule has 0 amide bonds. The number of benzene rings is 1. The fourth-order valence-electron chi connectivity index (χ4n) is 13.3. The molecule has 0 radical (unpaired) electrons. The van der Waals surface area contributed by atoms with Crippen LogP contribution in [0.5, 0.6) is 0 Å². The third kappa shape index (κ3) is 12.6. The first-order chi connectivity index (χ1) is 37.5. The van der Waals surface area contributed by atoms with Crippen molar-refractivity contribution < 1.29 is 107 Å². The quantitative estimate of drug-likeness (QED) is 0.0853. The number of carbonyl (C=O) groups excluding carboxylic acids is 4. The molecular weight excluding hydrogens is 1040 g/mol. The van der Waals surface area contributed by atoms with Gasteiger partial charge in [-0.25, -0.2) is 4.79 Å².